The molecule has 0 aliphatic carbocycles. The molecule has 4 rings (SSSR count). The molecule has 0 bridgehead atoms. The van der Waals surface area contributed by atoms with Gasteiger partial charge in [-0.1, -0.05) is 60.7 Å². The Kier molecular flexibility index (Phi) is 7.81. The first-order chi connectivity index (χ1) is 16.7. The monoisotopic (exact) mass is 457 g/mol. The van der Waals surface area contributed by atoms with Crippen LogP contribution in [0.15, 0.2) is 84.9 Å². The third-order valence-electron chi connectivity index (χ3n) is 6.06. The van der Waals surface area contributed by atoms with Crippen LogP contribution in [-0.2, 0) is 4.79 Å². The highest BCUT2D eigenvalue weighted by atomic mass is 16.5. The Morgan fingerprint density at radius 2 is 1.47 bits per heavy atom. The summed E-state index contributed by atoms with van der Waals surface area (Å²) in [5, 5.41) is 3.06. The number of nitrogens with zero attached hydrogens (tertiary/aromatic N) is 2. The molecular formula is C28H31N3O3. The number of nitrogens with one attached hydrogen (secondary N) is 1. The third kappa shape index (κ3) is 5.76. The van der Waals surface area contributed by atoms with Crippen LogP contribution in [0, 0.1) is 0 Å². The smallest absolute Gasteiger partial charge is 0.251 e. The van der Waals surface area contributed by atoms with E-state index in [4.69, 9.17) is 4.74 Å². The highest BCUT2D eigenvalue weighted by Crippen LogP contribution is 2.29. The van der Waals surface area contributed by atoms with E-state index in [9.17, 15) is 9.59 Å². The lowest BCUT2D eigenvalue weighted by molar-refractivity contribution is -0.132. The maximum atomic E-state index is 13.2. The number of hydrogen-bond donors (Lipinski definition) is 1. The van der Waals surface area contributed by atoms with E-state index in [1.807, 2.05) is 78.6 Å². The molecule has 0 spiro atoms. The lowest BCUT2D eigenvalue weighted by atomic mass is 10.0. The average Bonchev–Trinajstić information content (AvgIpc) is 2.90. The summed E-state index contributed by atoms with van der Waals surface area (Å²) in [6, 6.07) is 26.4. The van der Waals surface area contributed by atoms with E-state index in [1.54, 1.807) is 12.1 Å². The first-order valence-corrected chi connectivity index (χ1v) is 11.8. The summed E-state index contributed by atoms with van der Waals surface area (Å²) in [4.78, 5) is 30.2. The van der Waals surface area contributed by atoms with Crippen molar-refractivity contribution >= 4 is 17.5 Å². The summed E-state index contributed by atoms with van der Waals surface area (Å²) >= 11 is 0. The van der Waals surface area contributed by atoms with Crippen LogP contribution in [0.3, 0.4) is 0 Å². The molecule has 0 radical (unpaired) electrons. The van der Waals surface area contributed by atoms with Crippen LogP contribution in [0.4, 0.5) is 5.69 Å². The minimum Gasteiger partial charge on any atom is -0.492 e. The van der Waals surface area contributed by atoms with Crippen molar-refractivity contribution in [1.29, 1.82) is 0 Å². The molecule has 0 unspecified atom stereocenters. The molecule has 3 aromatic rings. The predicted octanol–water partition coefficient (Wildman–Crippen LogP) is 4.30. The lowest BCUT2D eigenvalue weighted by Crippen LogP contribution is -2.49. The minimum absolute atomic E-state index is 0.0416. The fourth-order valence-corrected chi connectivity index (χ4v) is 4.27. The van der Waals surface area contributed by atoms with Gasteiger partial charge >= 0.3 is 0 Å². The highest BCUT2D eigenvalue weighted by Gasteiger charge is 2.26. The molecule has 1 N–H and O–H groups in total. The topological polar surface area (TPSA) is 61.9 Å². The number of benzene rings is 3. The normalized spacial score (nSPS) is 14.4. The van der Waals surface area contributed by atoms with Crippen LogP contribution in [0.1, 0.15) is 35.3 Å². The van der Waals surface area contributed by atoms with Gasteiger partial charge in [0.05, 0.1) is 24.8 Å². The van der Waals surface area contributed by atoms with Gasteiger partial charge in [0.15, 0.2) is 0 Å². The fourth-order valence-electron chi connectivity index (χ4n) is 4.27. The number of hydrogen-bond acceptors (Lipinski definition) is 4. The molecule has 1 aliphatic heterocycles. The van der Waals surface area contributed by atoms with Crippen molar-refractivity contribution in [3.8, 4) is 5.75 Å². The molecule has 1 fully saturated rings. The fraction of sp³-hybridized carbons (Fsp3) is 0.286. The summed E-state index contributed by atoms with van der Waals surface area (Å²) in [5.74, 6) is 0.733. The first kappa shape index (κ1) is 23.4. The number of piperazine rings is 1. The van der Waals surface area contributed by atoms with Crippen LogP contribution in [0.2, 0.25) is 0 Å². The number of carbonyl (C=O) groups is 2. The standard InChI is InChI=1S/C28H31N3O3/c1-2-34-26-16-10-9-15-25(26)30-17-19-31(20-18-30)27(32)21-24(22-11-5-3-6-12-22)29-28(33)23-13-7-4-8-14-23/h3-16,24H,2,17-21H2,1H3,(H,29,33)/t24-/m0/s1. The maximum absolute atomic E-state index is 13.2. The van der Waals surface area contributed by atoms with Crippen molar-refractivity contribution in [1.82, 2.24) is 10.2 Å². The van der Waals surface area contributed by atoms with Gasteiger partial charge in [0.1, 0.15) is 5.75 Å². The van der Waals surface area contributed by atoms with Gasteiger partial charge in [-0.3, -0.25) is 9.59 Å². The SMILES string of the molecule is CCOc1ccccc1N1CCN(C(=O)C[C@H](NC(=O)c2ccccc2)c2ccccc2)CC1. The van der Waals surface area contributed by atoms with E-state index in [0.717, 1.165) is 30.1 Å². The Hall–Kier alpha value is -3.80. The van der Waals surface area contributed by atoms with E-state index in [2.05, 4.69) is 16.3 Å². The summed E-state index contributed by atoms with van der Waals surface area (Å²) in [6.07, 6.45) is 0.220. The van der Waals surface area contributed by atoms with Gasteiger partial charge in [0, 0.05) is 31.7 Å². The van der Waals surface area contributed by atoms with Crippen molar-refractivity contribution in [2.45, 2.75) is 19.4 Å². The lowest BCUT2D eigenvalue weighted by Gasteiger charge is -2.37. The Bertz CT molecular complexity index is 1080. The Balaban J connectivity index is 1.41. The summed E-state index contributed by atoms with van der Waals surface area (Å²) in [7, 11) is 0. The molecule has 2 amide bonds. The zero-order chi connectivity index (χ0) is 23.8. The minimum atomic E-state index is -0.391. The molecule has 3 aromatic carbocycles. The number of rotatable bonds is 8. The molecule has 34 heavy (non-hydrogen) atoms. The Labute approximate surface area is 201 Å². The van der Waals surface area contributed by atoms with Gasteiger partial charge in [0.25, 0.3) is 5.91 Å². The van der Waals surface area contributed by atoms with Crippen LogP contribution in [0.5, 0.6) is 5.75 Å². The van der Waals surface area contributed by atoms with Gasteiger partial charge in [-0.05, 0) is 36.8 Å². The second-order valence-electron chi connectivity index (χ2n) is 8.28. The van der Waals surface area contributed by atoms with E-state index in [0.29, 0.717) is 25.3 Å². The number of amides is 2. The van der Waals surface area contributed by atoms with E-state index >= 15 is 0 Å². The van der Waals surface area contributed by atoms with Crippen LogP contribution < -0.4 is 15.0 Å². The number of carbonyl (C=O) groups excluding carboxylic acids is 2. The van der Waals surface area contributed by atoms with Gasteiger partial charge in [0.2, 0.25) is 5.91 Å². The van der Waals surface area contributed by atoms with Gasteiger partial charge in [-0.15, -0.1) is 0 Å². The predicted molar refractivity (Wildman–Crippen MR) is 134 cm³/mol. The maximum Gasteiger partial charge on any atom is 0.251 e. The average molecular weight is 458 g/mol. The summed E-state index contributed by atoms with van der Waals surface area (Å²) in [6.45, 7) is 5.34. The van der Waals surface area contributed by atoms with Gasteiger partial charge in [-0.2, -0.15) is 0 Å². The van der Waals surface area contributed by atoms with Gasteiger partial charge in [-0.25, -0.2) is 0 Å². The second-order valence-corrected chi connectivity index (χ2v) is 8.28. The number of ether oxygens (including phenoxy) is 1. The molecular weight excluding hydrogens is 426 g/mol. The highest BCUT2D eigenvalue weighted by molar-refractivity contribution is 5.94. The van der Waals surface area contributed by atoms with Crippen molar-refractivity contribution in [3.63, 3.8) is 0 Å². The molecule has 6 nitrogen and oxygen atoms in total. The molecule has 1 saturated heterocycles. The molecule has 1 heterocycles. The summed E-state index contributed by atoms with van der Waals surface area (Å²) < 4.78 is 5.78. The molecule has 0 saturated carbocycles. The molecule has 176 valence electrons. The first-order valence-electron chi connectivity index (χ1n) is 11.8. The third-order valence-corrected chi connectivity index (χ3v) is 6.06. The van der Waals surface area contributed by atoms with Crippen LogP contribution in [0.25, 0.3) is 0 Å². The largest absolute Gasteiger partial charge is 0.492 e. The van der Waals surface area contributed by atoms with E-state index in [-0.39, 0.29) is 18.2 Å². The van der Waals surface area contributed by atoms with Crippen molar-refractivity contribution in [2.24, 2.45) is 0 Å². The second kappa shape index (κ2) is 11.4. The molecule has 0 aromatic heterocycles. The van der Waals surface area contributed by atoms with Crippen molar-refractivity contribution < 1.29 is 14.3 Å². The van der Waals surface area contributed by atoms with Crippen LogP contribution >= 0.6 is 0 Å². The Morgan fingerprint density at radius 3 is 2.15 bits per heavy atom. The zero-order valence-electron chi connectivity index (χ0n) is 19.5. The van der Waals surface area contributed by atoms with Crippen molar-refractivity contribution in [3.05, 3.63) is 96.1 Å². The van der Waals surface area contributed by atoms with E-state index in [1.165, 1.54) is 0 Å². The molecule has 1 atom stereocenters. The van der Waals surface area contributed by atoms with Gasteiger partial charge < -0.3 is 19.9 Å². The quantitative estimate of drug-likeness (QED) is 0.548. The molecule has 6 heteroatoms. The Morgan fingerprint density at radius 1 is 0.853 bits per heavy atom. The van der Waals surface area contributed by atoms with E-state index < -0.39 is 6.04 Å². The van der Waals surface area contributed by atoms with Crippen molar-refractivity contribution in [2.75, 3.05) is 37.7 Å². The zero-order valence-corrected chi connectivity index (χ0v) is 19.5. The number of anilines is 1. The van der Waals surface area contributed by atoms with Crippen LogP contribution in [-0.4, -0.2) is 49.5 Å². The summed E-state index contributed by atoms with van der Waals surface area (Å²) in [5.41, 5.74) is 2.57. The molecule has 1 aliphatic rings. The number of para-hydroxylation sites is 2.